The topological polar surface area (TPSA) is 114 Å². The van der Waals surface area contributed by atoms with Crippen molar-refractivity contribution < 1.29 is 22.8 Å². The summed E-state index contributed by atoms with van der Waals surface area (Å²) < 4.78 is 39.7. The number of nitrogens with one attached hydrogen (secondary N) is 3. The third kappa shape index (κ3) is 4.87. The maximum atomic E-state index is 12.8. The lowest BCUT2D eigenvalue weighted by Crippen LogP contribution is -2.20. The van der Waals surface area contributed by atoms with Gasteiger partial charge in [0, 0.05) is 24.1 Å². The van der Waals surface area contributed by atoms with Gasteiger partial charge in [-0.2, -0.15) is 18.3 Å². The zero-order valence-electron chi connectivity index (χ0n) is 15.6. The second kappa shape index (κ2) is 8.15. The second-order valence-electron chi connectivity index (χ2n) is 6.26. The molecule has 0 saturated carbocycles. The average molecular weight is 418 g/mol. The molecule has 0 aliphatic heterocycles. The van der Waals surface area contributed by atoms with Gasteiger partial charge < -0.3 is 21.7 Å². The number of aryl methyl sites for hydroxylation is 1. The van der Waals surface area contributed by atoms with Crippen LogP contribution in [0.3, 0.4) is 0 Å². The Hall–Kier alpha value is -4.02. The quantitative estimate of drug-likeness (QED) is 0.514. The molecule has 1 heterocycles. The van der Waals surface area contributed by atoms with Crippen LogP contribution in [0.15, 0.2) is 54.7 Å². The molecule has 8 nitrogen and oxygen atoms in total. The average Bonchev–Trinajstić information content (AvgIpc) is 3.00. The lowest BCUT2D eigenvalue weighted by molar-refractivity contribution is -0.137. The monoisotopic (exact) mass is 418 g/mol. The van der Waals surface area contributed by atoms with E-state index in [1.165, 1.54) is 29.1 Å². The van der Waals surface area contributed by atoms with Crippen molar-refractivity contribution in [3.63, 3.8) is 0 Å². The summed E-state index contributed by atoms with van der Waals surface area (Å²) in [6.07, 6.45) is -3.19. The van der Waals surface area contributed by atoms with Gasteiger partial charge in [0.15, 0.2) is 0 Å². The second-order valence-corrected chi connectivity index (χ2v) is 6.26. The van der Waals surface area contributed by atoms with Crippen LogP contribution in [0, 0.1) is 0 Å². The number of nitrogen functional groups attached to an aromatic ring is 1. The molecular weight excluding hydrogens is 401 g/mol. The number of benzene rings is 2. The molecule has 3 aromatic rings. The number of anilines is 4. The van der Waals surface area contributed by atoms with E-state index in [0.29, 0.717) is 11.4 Å². The van der Waals surface area contributed by atoms with Crippen LogP contribution in [-0.4, -0.2) is 21.7 Å². The largest absolute Gasteiger partial charge is 0.416 e. The van der Waals surface area contributed by atoms with Crippen molar-refractivity contribution in [2.75, 3.05) is 21.7 Å². The molecule has 0 unspecified atom stereocenters. The highest BCUT2D eigenvalue weighted by molar-refractivity contribution is 6.07. The summed E-state index contributed by atoms with van der Waals surface area (Å²) in [6.45, 7) is 0. The maximum absolute atomic E-state index is 12.8. The van der Waals surface area contributed by atoms with Gasteiger partial charge in [-0.1, -0.05) is 12.1 Å². The van der Waals surface area contributed by atoms with Gasteiger partial charge in [-0.15, -0.1) is 0 Å². The van der Waals surface area contributed by atoms with Crippen molar-refractivity contribution in [3.05, 3.63) is 65.9 Å². The van der Waals surface area contributed by atoms with Crippen molar-refractivity contribution >= 4 is 34.8 Å². The molecule has 0 radical (unpaired) electrons. The zero-order chi connectivity index (χ0) is 21.9. The highest BCUT2D eigenvalue weighted by Gasteiger charge is 2.30. The highest BCUT2D eigenvalue weighted by atomic mass is 19.4. The number of carbonyl (C=O) groups excluding carboxylic acids is 2. The Morgan fingerprint density at radius 2 is 1.53 bits per heavy atom. The molecule has 0 bridgehead atoms. The number of nitrogens with zero attached hydrogens (tertiary/aromatic N) is 2. The van der Waals surface area contributed by atoms with Crippen molar-refractivity contribution in [1.82, 2.24) is 9.78 Å². The van der Waals surface area contributed by atoms with Crippen LogP contribution in [0.5, 0.6) is 0 Å². The van der Waals surface area contributed by atoms with Gasteiger partial charge in [0.2, 0.25) is 0 Å². The van der Waals surface area contributed by atoms with Crippen LogP contribution < -0.4 is 21.7 Å². The Balaban J connectivity index is 1.66. The Morgan fingerprint density at radius 3 is 2.10 bits per heavy atom. The molecule has 2 aromatic carbocycles. The zero-order valence-corrected chi connectivity index (χ0v) is 15.6. The van der Waals surface area contributed by atoms with E-state index in [2.05, 4.69) is 21.0 Å². The Labute approximate surface area is 168 Å². The van der Waals surface area contributed by atoms with E-state index >= 15 is 0 Å². The van der Waals surface area contributed by atoms with Crippen molar-refractivity contribution in [2.45, 2.75) is 6.18 Å². The fourth-order valence-electron chi connectivity index (χ4n) is 2.56. The number of amides is 3. The predicted octanol–water partition coefficient (Wildman–Crippen LogP) is 3.92. The summed E-state index contributed by atoms with van der Waals surface area (Å²) in [5.74, 6) is -0.284. The number of nitrogens with two attached hydrogens (primary N) is 1. The van der Waals surface area contributed by atoms with E-state index in [1.54, 1.807) is 25.2 Å². The number of halogens is 3. The van der Waals surface area contributed by atoms with Gasteiger partial charge in [0.1, 0.15) is 11.4 Å². The van der Waals surface area contributed by atoms with Gasteiger partial charge in [-0.05, 0) is 36.4 Å². The minimum Gasteiger partial charge on any atom is -0.383 e. The molecular formula is C19H17F3N6O2. The first-order valence-corrected chi connectivity index (χ1v) is 8.57. The van der Waals surface area contributed by atoms with E-state index in [4.69, 9.17) is 5.73 Å². The molecule has 3 rings (SSSR count). The third-order valence-corrected chi connectivity index (χ3v) is 4.06. The van der Waals surface area contributed by atoms with Gasteiger partial charge in [0.05, 0.1) is 11.8 Å². The van der Waals surface area contributed by atoms with Crippen LogP contribution in [0.1, 0.15) is 15.9 Å². The van der Waals surface area contributed by atoms with E-state index in [1.807, 2.05) is 0 Å². The molecule has 1 aromatic heterocycles. The van der Waals surface area contributed by atoms with Crippen LogP contribution in [0.4, 0.5) is 40.8 Å². The molecule has 0 atom stereocenters. The first-order chi connectivity index (χ1) is 14.1. The predicted molar refractivity (Wildman–Crippen MR) is 106 cm³/mol. The Kier molecular flexibility index (Phi) is 5.63. The van der Waals surface area contributed by atoms with E-state index in [0.717, 1.165) is 12.1 Å². The van der Waals surface area contributed by atoms with Gasteiger partial charge >= 0.3 is 12.2 Å². The molecule has 0 spiro atoms. The minimum atomic E-state index is -4.52. The number of carbonyl (C=O) groups is 2. The fourth-order valence-corrected chi connectivity index (χ4v) is 2.56. The van der Waals surface area contributed by atoms with Gasteiger partial charge in [0.25, 0.3) is 5.91 Å². The normalized spacial score (nSPS) is 11.1. The maximum Gasteiger partial charge on any atom is 0.416 e. The third-order valence-electron chi connectivity index (χ3n) is 4.06. The van der Waals surface area contributed by atoms with E-state index < -0.39 is 23.7 Å². The number of urea groups is 1. The van der Waals surface area contributed by atoms with Gasteiger partial charge in [-0.3, -0.25) is 9.48 Å². The van der Waals surface area contributed by atoms with Crippen molar-refractivity contribution in [3.8, 4) is 0 Å². The molecule has 3 amide bonds. The lowest BCUT2D eigenvalue weighted by Gasteiger charge is -2.11. The summed E-state index contributed by atoms with van der Waals surface area (Å²) in [4.78, 5) is 24.4. The standard InChI is InChI=1S/C19H17F3N6O2/c1-28-16(23)15(10-24-28)17(29)25-13-6-3-7-14(9-13)27-18(30)26-12-5-2-4-11(8-12)19(20,21)22/h2-10H,23H2,1H3,(H,25,29)(H2,26,27,30). The molecule has 11 heteroatoms. The fraction of sp³-hybridized carbons (Fsp3) is 0.105. The van der Waals surface area contributed by atoms with Crippen molar-refractivity contribution in [1.29, 1.82) is 0 Å². The molecule has 5 N–H and O–H groups in total. The van der Waals surface area contributed by atoms with Crippen LogP contribution in [-0.2, 0) is 13.2 Å². The number of hydrogen-bond acceptors (Lipinski definition) is 4. The van der Waals surface area contributed by atoms with E-state index in [-0.39, 0.29) is 17.1 Å². The smallest absolute Gasteiger partial charge is 0.383 e. The van der Waals surface area contributed by atoms with E-state index in [9.17, 15) is 22.8 Å². The molecule has 0 aliphatic carbocycles. The summed E-state index contributed by atoms with van der Waals surface area (Å²) in [7, 11) is 1.60. The Bertz CT molecular complexity index is 1090. The highest BCUT2D eigenvalue weighted by Crippen LogP contribution is 2.30. The summed E-state index contributed by atoms with van der Waals surface area (Å²) >= 11 is 0. The molecule has 0 fully saturated rings. The number of hydrogen-bond donors (Lipinski definition) is 4. The number of rotatable bonds is 4. The number of aromatic nitrogens is 2. The summed E-state index contributed by atoms with van der Waals surface area (Å²) in [5, 5.41) is 11.4. The molecule has 0 saturated heterocycles. The Morgan fingerprint density at radius 1 is 0.967 bits per heavy atom. The van der Waals surface area contributed by atoms with Gasteiger partial charge in [-0.25, -0.2) is 4.79 Å². The summed E-state index contributed by atoms with van der Waals surface area (Å²) in [6, 6.07) is 9.74. The minimum absolute atomic E-state index is 0.0150. The van der Waals surface area contributed by atoms with Crippen LogP contribution in [0.25, 0.3) is 0 Å². The van der Waals surface area contributed by atoms with Crippen LogP contribution in [0.2, 0.25) is 0 Å². The molecule has 30 heavy (non-hydrogen) atoms. The first kappa shape index (κ1) is 20.7. The molecule has 0 aliphatic rings. The number of alkyl halides is 3. The first-order valence-electron chi connectivity index (χ1n) is 8.57. The van der Waals surface area contributed by atoms with Crippen LogP contribution >= 0.6 is 0 Å². The van der Waals surface area contributed by atoms with Crippen molar-refractivity contribution in [2.24, 2.45) is 7.05 Å². The molecule has 156 valence electrons. The summed E-state index contributed by atoms with van der Waals surface area (Å²) in [5.41, 5.74) is 5.76. The SMILES string of the molecule is Cn1ncc(C(=O)Nc2cccc(NC(=O)Nc3cccc(C(F)(F)F)c3)c2)c1N. The lowest BCUT2D eigenvalue weighted by atomic mass is 10.2.